The van der Waals surface area contributed by atoms with Gasteiger partial charge in [0.05, 0.1) is 17.1 Å². The summed E-state index contributed by atoms with van der Waals surface area (Å²) >= 11 is 0. The summed E-state index contributed by atoms with van der Waals surface area (Å²) in [5.41, 5.74) is 22.6. The van der Waals surface area contributed by atoms with E-state index in [1.54, 1.807) is 0 Å². The lowest BCUT2D eigenvalue weighted by Crippen LogP contribution is -2.31. The van der Waals surface area contributed by atoms with Gasteiger partial charge in [-0.15, -0.1) is 0 Å². The number of nitrogens with zero attached hydrogens (tertiary/aromatic N) is 4. The highest BCUT2D eigenvalue weighted by Gasteiger charge is 2.42. The molecule has 2 aliphatic carbocycles. The topological polar surface area (TPSA) is 34.0 Å². The maximum Gasteiger partial charge on any atom is 0.137 e. The van der Waals surface area contributed by atoms with Gasteiger partial charge in [0.2, 0.25) is 0 Å². The maximum absolute atomic E-state index is 5.03. The molecule has 66 heavy (non-hydrogen) atoms. The van der Waals surface area contributed by atoms with Crippen LogP contribution in [0.4, 0.5) is 11.5 Å². The van der Waals surface area contributed by atoms with Crippen molar-refractivity contribution < 1.29 is 0 Å². The number of hydrogen-bond donors (Lipinski definition) is 0. The third-order valence-electron chi connectivity index (χ3n) is 14.2. The molecule has 314 valence electrons. The molecule has 4 nitrogen and oxygen atoms in total. The van der Waals surface area contributed by atoms with Gasteiger partial charge in [-0.1, -0.05) is 133 Å². The third kappa shape index (κ3) is 6.20. The Morgan fingerprint density at radius 1 is 0.455 bits per heavy atom. The van der Waals surface area contributed by atoms with Crippen molar-refractivity contribution in [1.82, 2.24) is 14.5 Å². The summed E-state index contributed by atoms with van der Waals surface area (Å²) < 4.78 is 2.39. The number of allylic oxidation sites excluding steroid dienone is 2. The summed E-state index contributed by atoms with van der Waals surface area (Å²) in [4.78, 5) is 12.5. The van der Waals surface area contributed by atoms with Crippen LogP contribution in [0.25, 0.3) is 77.7 Å². The summed E-state index contributed by atoms with van der Waals surface area (Å²) in [6.45, 7) is 4.32. The quantitative estimate of drug-likeness (QED) is 0.167. The molecular formula is C62H46N4. The molecule has 0 saturated heterocycles. The van der Waals surface area contributed by atoms with Crippen LogP contribution in [0.1, 0.15) is 40.2 Å². The van der Waals surface area contributed by atoms with Gasteiger partial charge in [-0.25, -0.2) is 9.97 Å². The number of hydrogen-bond acceptors (Lipinski definition) is 3. The lowest BCUT2D eigenvalue weighted by molar-refractivity contribution is 0.725. The zero-order chi connectivity index (χ0) is 43.9. The lowest BCUT2D eigenvalue weighted by atomic mass is 9.75. The Kier molecular flexibility index (Phi) is 8.89. The van der Waals surface area contributed by atoms with Gasteiger partial charge in [-0.3, -0.25) is 4.57 Å². The summed E-state index contributed by atoms with van der Waals surface area (Å²) in [6.07, 6.45) is 11.0. The Morgan fingerprint density at radius 3 is 1.70 bits per heavy atom. The first-order valence-electron chi connectivity index (χ1n) is 23.2. The number of aryl methyl sites for hydroxylation is 3. The van der Waals surface area contributed by atoms with Crippen molar-refractivity contribution in [3.8, 4) is 50.3 Å². The van der Waals surface area contributed by atoms with Crippen molar-refractivity contribution in [2.75, 3.05) is 4.90 Å². The first kappa shape index (κ1) is 38.4. The molecule has 0 amide bonds. The van der Waals surface area contributed by atoms with E-state index in [0.717, 1.165) is 30.0 Å². The number of anilines is 2. The fraction of sp³-hybridized carbons (Fsp3) is 0.0968. The van der Waals surface area contributed by atoms with Crippen molar-refractivity contribution in [2.24, 2.45) is 0 Å². The monoisotopic (exact) mass is 846 g/mol. The van der Waals surface area contributed by atoms with Gasteiger partial charge in [-0.2, -0.15) is 0 Å². The van der Waals surface area contributed by atoms with Crippen molar-refractivity contribution in [1.29, 1.82) is 0 Å². The minimum Gasteiger partial charge on any atom is -0.318 e. The zero-order valence-corrected chi connectivity index (χ0v) is 37.0. The largest absolute Gasteiger partial charge is 0.318 e. The molecule has 13 rings (SSSR count). The van der Waals surface area contributed by atoms with Gasteiger partial charge >= 0.3 is 0 Å². The van der Waals surface area contributed by atoms with Crippen LogP contribution in [0, 0.1) is 13.8 Å². The van der Waals surface area contributed by atoms with Crippen molar-refractivity contribution >= 4 is 38.9 Å². The predicted molar refractivity (Wildman–Crippen MR) is 274 cm³/mol. The van der Waals surface area contributed by atoms with Crippen LogP contribution in [0.15, 0.2) is 212 Å². The fourth-order valence-corrected chi connectivity index (χ4v) is 11.2. The van der Waals surface area contributed by atoms with E-state index in [1.165, 1.54) is 105 Å². The fourth-order valence-electron chi connectivity index (χ4n) is 11.2. The number of aromatic nitrogens is 3. The number of pyridine rings is 2. The second-order valence-corrected chi connectivity index (χ2v) is 18.2. The average Bonchev–Trinajstić information content (AvgIpc) is 3.86. The smallest absolute Gasteiger partial charge is 0.137 e. The molecule has 0 N–H and O–H groups in total. The maximum atomic E-state index is 5.03. The SMILES string of the molecule is Cc1ccnc(N2c3ccc(-c4ccccc4-c4ccccc4)cc3C3C=C4CCc5cc6c7cc(-c8ccccc8-c8ccccc8)ccc7n(-c7cc(C)ccn7)c6cc5C4=CC32)c1. The predicted octanol–water partition coefficient (Wildman–Crippen LogP) is 15.4. The molecule has 3 aromatic heterocycles. The Bertz CT molecular complexity index is 3630. The number of benzene rings is 7. The van der Waals surface area contributed by atoms with E-state index >= 15 is 0 Å². The summed E-state index contributed by atoms with van der Waals surface area (Å²) in [5.74, 6) is 2.09. The Labute approximate surface area is 385 Å². The zero-order valence-electron chi connectivity index (χ0n) is 37.0. The molecular weight excluding hydrogens is 801 g/mol. The van der Waals surface area contributed by atoms with Crippen LogP contribution in [0.3, 0.4) is 0 Å². The Hall–Kier alpha value is -8.08. The van der Waals surface area contributed by atoms with E-state index in [2.05, 4.69) is 217 Å². The minimum absolute atomic E-state index is 0.0610. The first-order chi connectivity index (χ1) is 32.5. The van der Waals surface area contributed by atoms with E-state index in [9.17, 15) is 0 Å². The molecule has 7 aromatic carbocycles. The molecule has 0 radical (unpaired) electrons. The minimum atomic E-state index is 0.0610. The molecule has 2 atom stereocenters. The van der Waals surface area contributed by atoms with E-state index in [1.807, 2.05) is 12.4 Å². The van der Waals surface area contributed by atoms with Crippen LogP contribution in [0.5, 0.6) is 0 Å². The van der Waals surface area contributed by atoms with Crippen LogP contribution in [-0.4, -0.2) is 20.6 Å². The molecule has 0 spiro atoms. The standard InChI is InChI=1S/C62H46N4/c1-39-27-29-63-61(31-39)65-57-25-23-43(49-19-11-9-17-47(49)41-13-5-3-6-14-41)33-53(57)55-35-45-21-22-46-36-56-54-34-44(50-20-12-10-18-48(50)42-15-7-4-8-16-42)24-26-58(54)66(62-32-40(2)28-30-64-62)60(56)38-52(46)51(45)37-59(55)65/h3-20,23-38,55,59H,21-22H2,1-2H3. The second kappa shape index (κ2) is 15.3. The number of rotatable bonds is 6. The van der Waals surface area contributed by atoms with Crippen molar-refractivity contribution in [3.63, 3.8) is 0 Å². The van der Waals surface area contributed by atoms with E-state index in [4.69, 9.17) is 9.97 Å². The summed E-state index contributed by atoms with van der Waals surface area (Å²) in [5, 5.41) is 2.50. The molecule has 3 aliphatic rings. The highest BCUT2D eigenvalue weighted by molar-refractivity contribution is 6.12. The normalized spacial score (nSPS) is 16.1. The highest BCUT2D eigenvalue weighted by Crippen LogP contribution is 2.54. The third-order valence-corrected chi connectivity index (χ3v) is 14.2. The molecule has 2 unspecified atom stereocenters. The van der Waals surface area contributed by atoms with Crippen LogP contribution < -0.4 is 4.90 Å². The average molecular weight is 847 g/mol. The van der Waals surface area contributed by atoms with Crippen LogP contribution >= 0.6 is 0 Å². The molecule has 10 aromatic rings. The molecule has 1 aliphatic heterocycles. The van der Waals surface area contributed by atoms with Gasteiger partial charge in [0, 0.05) is 34.8 Å². The molecule has 4 heterocycles. The first-order valence-corrected chi connectivity index (χ1v) is 23.2. The summed E-state index contributed by atoms with van der Waals surface area (Å²) in [7, 11) is 0. The van der Waals surface area contributed by atoms with Gasteiger partial charge in [0.1, 0.15) is 11.6 Å². The van der Waals surface area contributed by atoms with Gasteiger partial charge in [0.25, 0.3) is 0 Å². The van der Waals surface area contributed by atoms with E-state index < -0.39 is 0 Å². The molecule has 0 fully saturated rings. The summed E-state index contributed by atoms with van der Waals surface area (Å²) in [6, 6.07) is 66.8. The number of fused-ring (bicyclic) bond motifs is 9. The van der Waals surface area contributed by atoms with Crippen molar-refractivity contribution in [3.05, 3.63) is 240 Å². The van der Waals surface area contributed by atoms with Gasteiger partial charge in [0.15, 0.2) is 0 Å². The molecule has 4 heteroatoms. The second-order valence-electron chi connectivity index (χ2n) is 18.2. The lowest BCUT2D eigenvalue weighted by Gasteiger charge is -2.33. The highest BCUT2D eigenvalue weighted by atomic mass is 15.2. The van der Waals surface area contributed by atoms with Crippen molar-refractivity contribution in [2.45, 2.75) is 38.6 Å². The Morgan fingerprint density at radius 2 is 1.03 bits per heavy atom. The van der Waals surface area contributed by atoms with Gasteiger partial charge < -0.3 is 4.90 Å². The molecule has 0 bridgehead atoms. The van der Waals surface area contributed by atoms with E-state index in [0.29, 0.717) is 0 Å². The van der Waals surface area contributed by atoms with E-state index in [-0.39, 0.29) is 12.0 Å². The van der Waals surface area contributed by atoms with Crippen LogP contribution in [-0.2, 0) is 6.42 Å². The van der Waals surface area contributed by atoms with Gasteiger partial charge in [-0.05, 0) is 171 Å². The Balaban J connectivity index is 0.977. The molecule has 0 saturated carbocycles. The van der Waals surface area contributed by atoms with Crippen LogP contribution in [0.2, 0.25) is 0 Å².